The second kappa shape index (κ2) is 10.7. The van der Waals surface area contributed by atoms with Gasteiger partial charge in [-0.15, -0.1) is 0 Å². The molecule has 2 aromatic carbocycles. The quantitative estimate of drug-likeness (QED) is 0.235. The molecule has 5 rings (SSSR count). The molecule has 3 aromatic rings. The summed E-state index contributed by atoms with van der Waals surface area (Å²) in [6, 6.07) is 15.4. The van der Waals surface area contributed by atoms with E-state index in [9.17, 15) is 18.7 Å². The maximum Gasteiger partial charge on any atom is 0.360 e. The van der Waals surface area contributed by atoms with Crippen molar-refractivity contribution in [2.75, 3.05) is 0 Å². The summed E-state index contributed by atoms with van der Waals surface area (Å²) in [5, 5.41) is 13.2. The number of ketones is 1. The topological polar surface area (TPSA) is 60.7 Å². The Bertz CT molecular complexity index is 1720. The van der Waals surface area contributed by atoms with Gasteiger partial charge in [0.1, 0.15) is 23.2 Å². The molecule has 0 radical (unpaired) electrons. The van der Waals surface area contributed by atoms with Crippen molar-refractivity contribution in [1.29, 1.82) is 0 Å². The Morgan fingerprint density at radius 2 is 1.38 bits per heavy atom. The molecule has 2 aliphatic rings. The van der Waals surface area contributed by atoms with Crippen LogP contribution in [0.2, 0.25) is 0 Å². The highest BCUT2D eigenvalue weighted by atomic mass is 19.1. The van der Waals surface area contributed by atoms with Crippen LogP contribution in [0.4, 0.5) is 8.78 Å². The number of carbonyl (C=O) groups excluding carboxylic acids is 1. The molecule has 6 heteroatoms. The first-order valence-electron chi connectivity index (χ1n) is 13.7. The van der Waals surface area contributed by atoms with Crippen LogP contribution in [0.3, 0.4) is 0 Å². The Morgan fingerprint density at radius 1 is 0.786 bits per heavy atom. The van der Waals surface area contributed by atoms with Crippen molar-refractivity contribution in [2.45, 2.75) is 47.0 Å². The van der Waals surface area contributed by atoms with E-state index < -0.39 is 0 Å². The minimum Gasteiger partial charge on any atom is -0.871 e. The molecule has 4 nitrogen and oxygen atoms in total. The van der Waals surface area contributed by atoms with Gasteiger partial charge in [-0.1, -0.05) is 26.5 Å². The summed E-state index contributed by atoms with van der Waals surface area (Å²) in [7, 11) is 0. The van der Waals surface area contributed by atoms with Gasteiger partial charge in [-0.2, -0.15) is 0 Å². The lowest BCUT2D eigenvalue weighted by atomic mass is 9.84. The van der Waals surface area contributed by atoms with E-state index in [0.29, 0.717) is 45.3 Å². The minimum absolute atomic E-state index is 0.0767. The number of hydrogen-bond donors (Lipinski definition) is 0. The van der Waals surface area contributed by atoms with Crippen molar-refractivity contribution >= 4 is 17.6 Å². The van der Waals surface area contributed by atoms with Crippen molar-refractivity contribution < 1.29 is 27.8 Å². The molecule has 0 fully saturated rings. The minimum atomic E-state index is -0.358. The Hall–Kier alpha value is -4.58. The molecule has 0 bridgehead atoms. The average molecular weight is 567 g/mol. The smallest absolute Gasteiger partial charge is 0.360 e. The van der Waals surface area contributed by atoms with E-state index in [1.807, 2.05) is 53.7 Å². The Labute approximate surface area is 244 Å². The number of carbonyl (C=O) groups is 1. The first-order valence-corrected chi connectivity index (χ1v) is 13.7. The molecule has 0 atom stereocenters. The normalized spacial score (nSPS) is 17.7. The largest absolute Gasteiger partial charge is 0.871 e. The van der Waals surface area contributed by atoms with E-state index in [4.69, 9.17) is 9.15 Å². The van der Waals surface area contributed by atoms with Crippen LogP contribution in [0.15, 0.2) is 112 Å². The van der Waals surface area contributed by atoms with Crippen LogP contribution in [-0.2, 0) is 14.9 Å². The molecule has 0 spiro atoms. The Kier molecular flexibility index (Phi) is 7.35. The van der Waals surface area contributed by atoms with Gasteiger partial charge in [0.05, 0.1) is 17.0 Å². The summed E-state index contributed by atoms with van der Waals surface area (Å²) in [5.41, 5.74) is 2.06. The molecule has 2 heterocycles. The van der Waals surface area contributed by atoms with Crippen LogP contribution in [0.1, 0.15) is 58.4 Å². The lowest BCUT2D eigenvalue weighted by Crippen LogP contribution is -2.29. The first-order chi connectivity index (χ1) is 19.7. The molecule has 0 unspecified atom stereocenters. The lowest BCUT2D eigenvalue weighted by Gasteiger charge is -2.30. The molecule has 1 aromatic heterocycles. The summed E-state index contributed by atoms with van der Waals surface area (Å²) < 4.78 is 39.3. The van der Waals surface area contributed by atoms with E-state index >= 15 is 0 Å². The number of ether oxygens (including phenoxy) is 1. The van der Waals surface area contributed by atoms with Gasteiger partial charge in [-0.05, 0) is 105 Å². The van der Waals surface area contributed by atoms with Crippen LogP contribution in [0.5, 0.6) is 0 Å². The maximum absolute atomic E-state index is 13.5. The zero-order valence-corrected chi connectivity index (χ0v) is 24.5. The van der Waals surface area contributed by atoms with Gasteiger partial charge in [0.25, 0.3) is 0 Å². The Balaban J connectivity index is 1.54. The van der Waals surface area contributed by atoms with Crippen LogP contribution < -0.4 is 5.11 Å². The van der Waals surface area contributed by atoms with Gasteiger partial charge >= 0.3 is 11.5 Å². The van der Waals surface area contributed by atoms with Crippen molar-refractivity contribution in [3.63, 3.8) is 0 Å². The van der Waals surface area contributed by atoms with Crippen LogP contribution in [0, 0.1) is 17.0 Å². The standard InChI is InChI=1S/C36H32F2O4/c1-35(2,3)31-19-21(17-29(41-31)23-7-11-25(37)12-8-23)15-27-33(39)28(34(27)40)16-22-18-30(24-9-13-26(38)14-10-24)42-32(20-22)36(4,5)6/h7-20H,1-6H3. The number of halogens is 2. The highest BCUT2D eigenvalue weighted by Crippen LogP contribution is 2.38. The van der Waals surface area contributed by atoms with E-state index in [1.165, 1.54) is 24.3 Å². The van der Waals surface area contributed by atoms with Crippen LogP contribution in [0.25, 0.3) is 23.2 Å². The Morgan fingerprint density at radius 3 is 1.93 bits per heavy atom. The summed E-state index contributed by atoms with van der Waals surface area (Å²) >= 11 is 0. The molecule has 42 heavy (non-hydrogen) atoms. The third-order valence-corrected chi connectivity index (χ3v) is 6.97. The van der Waals surface area contributed by atoms with E-state index in [-0.39, 0.29) is 45.2 Å². The van der Waals surface area contributed by atoms with Crippen molar-refractivity contribution in [3.05, 3.63) is 136 Å². The molecule has 0 saturated heterocycles. The maximum atomic E-state index is 13.5. The number of rotatable bonds is 4. The summed E-state index contributed by atoms with van der Waals surface area (Å²) in [6.07, 6.45) is 6.70. The number of hydrogen-bond acceptors (Lipinski definition) is 3. The van der Waals surface area contributed by atoms with E-state index in [0.717, 1.165) is 0 Å². The average Bonchev–Trinajstić information content (AvgIpc) is 2.94. The fraction of sp³-hybridized carbons (Fsp3) is 0.222. The molecule has 1 aliphatic carbocycles. The second-order valence-electron chi connectivity index (χ2n) is 12.5. The molecule has 1 aliphatic heterocycles. The van der Waals surface area contributed by atoms with Gasteiger partial charge in [0.2, 0.25) is 0 Å². The van der Waals surface area contributed by atoms with Crippen LogP contribution >= 0.6 is 0 Å². The fourth-order valence-electron chi connectivity index (χ4n) is 4.49. The summed E-state index contributed by atoms with van der Waals surface area (Å²) in [6.45, 7) is 12.0. The van der Waals surface area contributed by atoms with E-state index in [2.05, 4.69) is 0 Å². The second-order valence-corrected chi connectivity index (χ2v) is 12.5. The molecule has 0 amide bonds. The molecule has 0 N–H and O–H groups in total. The third kappa shape index (κ3) is 6.03. The van der Waals surface area contributed by atoms with Gasteiger partial charge < -0.3 is 9.84 Å². The first kappa shape index (κ1) is 28.9. The predicted octanol–water partition coefficient (Wildman–Crippen LogP) is 8.31. The molecule has 0 saturated carbocycles. The molecular weight excluding hydrogens is 534 g/mol. The summed E-state index contributed by atoms with van der Waals surface area (Å²) in [5.74, 6) is 0.880. The lowest BCUT2D eigenvalue weighted by molar-refractivity contribution is -0.300. The van der Waals surface area contributed by atoms with Crippen molar-refractivity contribution in [1.82, 2.24) is 0 Å². The van der Waals surface area contributed by atoms with Crippen molar-refractivity contribution in [2.24, 2.45) is 5.41 Å². The highest BCUT2D eigenvalue weighted by Gasteiger charge is 2.31. The van der Waals surface area contributed by atoms with Gasteiger partial charge in [0.15, 0.2) is 5.78 Å². The van der Waals surface area contributed by atoms with Crippen molar-refractivity contribution in [3.8, 4) is 11.3 Å². The number of allylic oxidation sites excluding steroid dienone is 7. The summed E-state index contributed by atoms with van der Waals surface area (Å²) in [4.78, 5) is 13.2. The van der Waals surface area contributed by atoms with Crippen LogP contribution in [-0.4, -0.2) is 5.78 Å². The van der Waals surface area contributed by atoms with Gasteiger partial charge in [-0.25, -0.2) is 13.2 Å². The van der Waals surface area contributed by atoms with Gasteiger partial charge in [0, 0.05) is 28.2 Å². The van der Waals surface area contributed by atoms with Gasteiger partial charge in [-0.3, -0.25) is 4.79 Å². The number of benzene rings is 2. The zero-order valence-electron chi connectivity index (χ0n) is 24.5. The highest BCUT2D eigenvalue weighted by molar-refractivity contribution is 6.23. The predicted molar refractivity (Wildman–Crippen MR) is 158 cm³/mol. The number of Topliss-reactive ketones (excluding diaryl/α,β-unsaturated/α-hetero) is 1. The molecule has 214 valence electrons. The third-order valence-electron chi connectivity index (χ3n) is 6.97. The fourth-order valence-corrected chi connectivity index (χ4v) is 4.49. The molecular formula is C36H32F2O4. The monoisotopic (exact) mass is 566 g/mol. The SMILES string of the molecule is CC(C)(C)C1=CC(=CC2=C([O-])C(=Cc3cc(-c4ccc(F)cc4)[o+]c(C(C)(C)C)c3)C2=O)C=C(c2ccc(F)cc2)O1. The van der Waals surface area contributed by atoms with E-state index in [1.54, 1.807) is 48.6 Å². The zero-order chi connectivity index (χ0) is 30.4.